The summed E-state index contributed by atoms with van der Waals surface area (Å²) < 4.78 is 0. The molecule has 1 spiro atoms. The van der Waals surface area contributed by atoms with Crippen LogP contribution in [0.25, 0.3) is 0 Å². The van der Waals surface area contributed by atoms with E-state index in [4.69, 9.17) is 11.6 Å². The highest BCUT2D eigenvalue weighted by Gasteiger charge is 2.50. The fraction of sp³-hybridized carbons (Fsp3) is 0.632. The molecule has 1 saturated heterocycles. The zero-order valence-corrected chi connectivity index (χ0v) is 15.9. The Hall–Kier alpha value is -1.66. The molecule has 4 rings (SSSR count). The van der Waals surface area contributed by atoms with Crippen LogP contribution in [0.15, 0.2) is 12.3 Å². The van der Waals surface area contributed by atoms with Crippen LogP contribution in [0.4, 0.5) is 5.82 Å². The van der Waals surface area contributed by atoms with Crippen LogP contribution in [0, 0.1) is 0 Å². The van der Waals surface area contributed by atoms with Crippen molar-refractivity contribution in [2.24, 2.45) is 0 Å². The summed E-state index contributed by atoms with van der Waals surface area (Å²) in [6, 6.07) is 2.38. The largest absolute Gasteiger partial charge is 0.342 e. The molecule has 1 aromatic rings. The van der Waals surface area contributed by atoms with Gasteiger partial charge in [-0.25, -0.2) is 4.98 Å². The van der Waals surface area contributed by atoms with E-state index >= 15 is 0 Å². The number of carbonyl (C=O) groups is 2. The second-order valence-electron chi connectivity index (χ2n) is 7.71. The summed E-state index contributed by atoms with van der Waals surface area (Å²) in [4.78, 5) is 33.1. The predicted molar refractivity (Wildman–Crippen MR) is 100 cm³/mol. The van der Waals surface area contributed by atoms with Gasteiger partial charge in [0.25, 0.3) is 0 Å². The molecule has 0 atom stereocenters. The van der Waals surface area contributed by atoms with Crippen LogP contribution < -0.4 is 5.32 Å². The van der Waals surface area contributed by atoms with Crippen molar-refractivity contribution in [2.45, 2.75) is 50.5 Å². The Balaban J connectivity index is 1.46. The minimum absolute atomic E-state index is 0.0688. The fourth-order valence-electron chi connectivity index (χ4n) is 4.83. The van der Waals surface area contributed by atoms with Crippen molar-refractivity contribution >= 4 is 29.2 Å². The number of hydrogen-bond acceptors (Lipinski definition) is 4. The number of amides is 2. The normalized spacial score (nSPS) is 29.4. The summed E-state index contributed by atoms with van der Waals surface area (Å²) in [5.41, 5.74) is 0.494. The lowest BCUT2D eigenvalue weighted by atomic mass is 9.69. The van der Waals surface area contributed by atoms with E-state index in [1.54, 1.807) is 13.1 Å². The van der Waals surface area contributed by atoms with Crippen LogP contribution >= 0.6 is 11.6 Å². The Morgan fingerprint density at radius 1 is 1.27 bits per heavy atom. The van der Waals surface area contributed by atoms with Crippen LogP contribution in [-0.4, -0.2) is 58.8 Å². The van der Waals surface area contributed by atoms with E-state index in [1.165, 1.54) is 0 Å². The number of carbonyl (C=O) groups excluding carboxylic acids is 2. The van der Waals surface area contributed by atoms with E-state index in [1.807, 2.05) is 11.0 Å². The Labute approximate surface area is 158 Å². The number of halogens is 1. The number of fused-ring (bicyclic) bond motifs is 2. The van der Waals surface area contributed by atoms with Crippen LogP contribution in [0.5, 0.6) is 0 Å². The van der Waals surface area contributed by atoms with Gasteiger partial charge in [-0.15, -0.1) is 0 Å². The van der Waals surface area contributed by atoms with Crippen molar-refractivity contribution in [2.75, 3.05) is 31.5 Å². The van der Waals surface area contributed by atoms with E-state index in [0.717, 1.165) is 63.8 Å². The van der Waals surface area contributed by atoms with E-state index in [-0.39, 0.29) is 11.8 Å². The lowest BCUT2D eigenvalue weighted by molar-refractivity contribution is -0.128. The van der Waals surface area contributed by atoms with Gasteiger partial charge < -0.3 is 10.2 Å². The maximum atomic E-state index is 12.7. The number of pyridine rings is 1. The molecule has 3 heterocycles. The van der Waals surface area contributed by atoms with Crippen LogP contribution in [0.3, 0.4) is 0 Å². The fourth-order valence-corrected chi connectivity index (χ4v) is 4.99. The van der Waals surface area contributed by atoms with Gasteiger partial charge in [-0.05, 0) is 38.2 Å². The molecular formula is C19H25ClN4O2. The number of rotatable bonds is 1. The lowest BCUT2D eigenvalue weighted by Crippen LogP contribution is -2.46. The highest BCUT2D eigenvalue weighted by Crippen LogP contribution is 2.48. The number of aromatic nitrogens is 1. The molecule has 1 aliphatic carbocycles. The van der Waals surface area contributed by atoms with Crippen molar-refractivity contribution < 1.29 is 9.59 Å². The second-order valence-corrected chi connectivity index (χ2v) is 8.15. The van der Waals surface area contributed by atoms with Gasteiger partial charge in [0.2, 0.25) is 11.8 Å². The quantitative estimate of drug-likeness (QED) is 0.817. The first kappa shape index (κ1) is 17.7. The Morgan fingerprint density at radius 2 is 2.04 bits per heavy atom. The maximum absolute atomic E-state index is 12.7. The van der Waals surface area contributed by atoms with E-state index in [9.17, 15) is 9.59 Å². The van der Waals surface area contributed by atoms with Crippen molar-refractivity contribution in [1.82, 2.24) is 14.8 Å². The molecule has 140 valence electrons. The van der Waals surface area contributed by atoms with Crippen molar-refractivity contribution in [3.05, 3.63) is 22.8 Å². The SMILES string of the molecule is CC(=O)N1CCCN(C2CCC3(CC2)C(=O)Nc2ncc(Cl)cc23)CC1. The first-order valence-corrected chi connectivity index (χ1v) is 9.84. The summed E-state index contributed by atoms with van der Waals surface area (Å²) in [7, 11) is 0. The summed E-state index contributed by atoms with van der Waals surface area (Å²) in [6.07, 6.45) is 6.23. The lowest BCUT2D eigenvalue weighted by Gasteiger charge is -2.40. The third kappa shape index (κ3) is 2.99. The molecule has 6 nitrogen and oxygen atoms in total. The second kappa shape index (κ2) is 6.82. The molecular weight excluding hydrogens is 352 g/mol. The third-order valence-electron chi connectivity index (χ3n) is 6.34. The van der Waals surface area contributed by atoms with E-state index in [0.29, 0.717) is 16.9 Å². The maximum Gasteiger partial charge on any atom is 0.236 e. The number of anilines is 1. The van der Waals surface area contributed by atoms with Gasteiger partial charge in [0.1, 0.15) is 5.82 Å². The predicted octanol–water partition coefficient (Wildman–Crippen LogP) is 2.42. The zero-order valence-electron chi connectivity index (χ0n) is 15.1. The molecule has 2 amide bonds. The minimum atomic E-state index is -0.471. The Bertz CT molecular complexity index is 730. The average Bonchev–Trinajstić information content (AvgIpc) is 2.81. The topological polar surface area (TPSA) is 65.5 Å². The van der Waals surface area contributed by atoms with Gasteiger partial charge in [0, 0.05) is 50.9 Å². The van der Waals surface area contributed by atoms with Crippen LogP contribution in [0.1, 0.15) is 44.6 Å². The summed E-state index contributed by atoms with van der Waals surface area (Å²) in [5, 5.41) is 3.52. The molecule has 1 aromatic heterocycles. The molecule has 26 heavy (non-hydrogen) atoms. The van der Waals surface area contributed by atoms with Crippen LogP contribution in [0.2, 0.25) is 5.02 Å². The van der Waals surface area contributed by atoms with Crippen molar-refractivity contribution in [3.8, 4) is 0 Å². The molecule has 0 radical (unpaired) electrons. The number of nitrogens with one attached hydrogen (secondary N) is 1. The molecule has 0 aromatic carbocycles. The molecule has 0 bridgehead atoms. The number of hydrogen-bond donors (Lipinski definition) is 1. The zero-order chi connectivity index (χ0) is 18.3. The van der Waals surface area contributed by atoms with Crippen molar-refractivity contribution in [1.29, 1.82) is 0 Å². The van der Waals surface area contributed by atoms with Gasteiger partial charge in [0.05, 0.1) is 10.4 Å². The molecule has 3 aliphatic rings. The standard InChI is InChI=1S/C19H25ClN4O2/c1-13(25)23-7-2-8-24(10-9-23)15-3-5-19(6-4-15)16-11-14(20)12-21-17(16)22-18(19)26/h11-12,15H,2-10H2,1H3,(H,21,22,26). The van der Waals surface area contributed by atoms with Crippen LogP contribution in [-0.2, 0) is 15.0 Å². The van der Waals surface area contributed by atoms with E-state index in [2.05, 4.69) is 15.2 Å². The Kier molecular flexibility index (Phi) is 4.65. The molecule has 7 heteroatoms. The Morgan fingerprint density at radius 3 is 2.77 bits per heavy atom. The first-order valence-electron chi connectivity index (χ1n) is 9.47. The average molecular weight is 377 g/mol. The first-order chi connectivity index (χ1) is 12.5. The van der Waals surface area contributed by atoms with Crippen molar-refractivity contribution in [3.63, 3.8) is 0 Å². The van der Waals surface area contributed by atoms with E-state index < -0.39 is 5.41 Å². The summed E-state index contributed by atoms with van der Waals surface area (Å²) in [5.74, 6) is 0.905. The minimum Gasteiger partial charge on any atom is -0.342 e. The highest BCUT2D eigenvalue weighted by molar-refractivity contribution is 6.30. The molecule has 1 N–H and O–H groups in total. The molecule has 2 aliphatic heterocycles. The van der Waals surface area contributed by atoms with Gasteiger partial charge in [-0.2, -0.15) is 0 Å². The van der Waals surface area contributed by atoms with Gasteiger partial charge >= 0.3 is 0 Å². The third-order valence-corrected chi connectivity index (χ3v) is 6.54. The number of nitrogens with zero attached hydrogens (tertiary/aromatic N) is 3. The van der Waals surface area contributed by atoms with Gasteiger partial charge in [-0.1, -0.05) is 11.6 Å². The molecule has 0 unspecified atom stereocenters. The monoisotopic (exact) mass is 376 g/mol. The van der Waals surface area contributed by atoms with Gasteiger partial charge in [-0.3, -0.25) is 14.5 Å². The highest BCUT2D eigenvalue weighted by atomic mass is 35.5. The smallest absolute Gasteiger partial charge is 0.236 e. The summed E-state index contributed by atoms with van der Waals surface area (Å²) >= 11 is 6.14. The summed E-state index contributed by atoms with van der Waals surface area (Å²) in [6.45, 7) is 5.25. The molecule has 2 fully saturated rings. The van der Waals surface area contributed by atoms with Gasteiger partial charge in [0.15, 0.2) is 0 Å². The molecule has 1 saturated carbocycles.